The first kappa shape index (κ1) is 13.9. The maximum absolute atomic E-state index is 5.86. The van der Waals surface area contributed by atoms with Crippen molar-refractivity contribution in [3.63, 3.8) is 0 Å². The zero-order valence-corrected chi connectivity index (χ0v) is 12.3. The van der Waals surface area contributed by atoms with Crippen molar-refractivity contribution >= 4 is 11.8 Å². The van der Waals surface area contributed by atoms with Gasteiger partial charge < -0.3 is 5.73 Å². The first-order valence-electron chi connectivity index (χ1n) is 6.79. The Morgan fingerprint density at radius 3 is 2.94 bits per heavy atom. The summed E-state index contributed by atoms with van der Waals surface area (Å²) < 4.78 is 0. The third-order valence-electron chi connectivity index (χ3n) is 3.75. The molecule has 0 aliphatic carbocycles. The lowest BCUT2D eigenvalue weighted by Gasteiger charge is -2.22. The summed E-state index contributed by atoms with van der Waals surface area (Å²) in [6.45, 7) is 8.68. The first-order chi connectivity index (χ1) is 8.65. The molecule has 18 heavy (non-hydrogen) atoms. The second-order valence-corrected chi connectivity index (χ2v) is 6.89. The Bertz CT molecular complexity index is 394. The Hall–Kier alpha value is -0.510. The third-order valence-corrected chi connectivity index (χ3v) is 4.62. The minimum Gasteiger partial charge on any atom is -0.330 e. The molecule has 2 N–H and O–H groups in total. The van der Waals surface area contributed by atoms with E-state index in [-0.39, 0.29) is 0 Å². The van der Waals surface area contributed by atoms with E-state index < -0.39 is 0 Å². The number of rotatable bonds is 5. The zero-order valence-electron chi connectivity index (χ0n) is 11.5. The molecule has 0 saturated carbocycles. The van der Waals surface area contributed by atoms with E-state index in [0.29, 0.717) is 5.41 Å². The highest BCUT2D eigenvalue weighted by molar-refractivity contribution is 7.99. The number of likely N-dealkylation sites (tertiary alicyclic amines) is 1. The van der Waals surface area contributed by atoms with E-state index in [4.69, 9.17) is 5.73 Å². The maximum atomic E-state index is 5.86. The van der Waals surface area contributed by atoms with Crippen LogP contribution in [0.1, 0.15) is 25.8 Å². The molecule has 1 aliphatic rings. The van der Waals surface area contributed by atoms with Crippen LogP contribution in [0.2, 0.25) is 0 Å². The zero-order chi connectivity index (χ0) is 13.0. The number of nitrogens with two attached hydrogens (primary N) is 1. The van der Waals surface area contributed by atoms with Gasteiger partial charge in [-0.15, -0.1) is 11.8 Å². The van der Waals surface area contributed by atoms with E-state index in [0.717, 1.165) is 25.4 Å². The smallest absolute Gasteiger partial charge is 0.0234 e. The molecule has 0 bridgehead atoms. The Labute approximate surface area is 115 Å². The molecule has 1 aromatic rings. The molecule has 3 heteroatoms. The second-order valence-electron chi connectivity index (χ2n) is 5.56. The summed E-state index contributed by atoms with van der Waals surface area (Å²) in [4.78, 5) is 3.92. The molecular weight excluding hydrogens is 240 g/mol. The van der Waals surface area contributed by atoms with Gasteiger partial charge in [-0.05, 0) is 48.4 Å². The predicted octanol–water partition coefficient (Wildman–Crippen LogP) is 2.97. The van der Waals surface area contributed by atoms with Crippen LogP contribution in [0.4, 0.5) is 0 Å². The molecule has 1 aromatic carbocycles. The summed E-state index contributed by atoms with van der Waals surface area (Å²) in [6.07, 6.45) is 1.23. The van der Waals surface area contributed by atoms with Gasteiger partial charge in [0.2, 0.25) is 0 Å². The number of nitrogens with zero attached hydrogens (tertiary/aromatic N) is 1. The quantitative estimate of drug-likeness (QED) is 0.829. The fraction of sp³-hybridized carbons (Fsp3) is 0.600. The van der Waals surface area contributed by atoms with E-state index in [1.54, 1.807) is 0 Å². The summed E-state index contributed by atoms with van der Waals surface area (Å²) in [6, 6.07) is 8.93. The Morgan fingerprint density at radius 2 is 2.28 bits per heavy atom. The molecule has 1 atom stereocenters. The van der Waals surface area contributed by atoms with Crippen molar-refractivity contribution in [1.82, 2.24) is 4.90 Å². The summed E-state index contributed by atoms with van der Waals surface area (Å²) in [5.41, 5.74) is 7.61. The topological polar surface area (TPSA) is 29.3 Å². The minimum atomic E-state index is 0.329. The highest BCUT2D eigenvalue weighted by Crippen LogP contribution is 2.30. The van der Waals surface area contributed by atoms with Crippen LogP contribution in [0.3, 0.4) is 0 Å². The molecule has 1 saturated heterocycles. The molecule has 0 amide bonds. The molecule has 0 spiro atoms. The molecule has 0 aromatic heterocycles. The van der Waals surface area contributed by atoms with Crippen LogP contribution in [-0.4, -0.2) is 30.3 Å². The van der Waals surface area contributed by atoms with Gasteiger partial charge in [-0.25, -0.2) is 0 Å². The van der Waals surface area contributed by atoms with Crippen molar-refractivity contribution in [2.75, 3.05) is 25.4 Å². The molecule has 0 radical (unpaired) electrons. The molecule has 1 aliphatic heterocycles. The van der Waals surface area contributed by atoms with Crippen LogP contribution >= 0.6 is 11.8 Å². The van der Waals surface area contributed by atoms with Crippen molar-refractivity contribution in [2.45, 2.75) is 31.7 Å². The summed E-state index contributed by atoms with van der Waals surface area (Å²) >= 11 is 1.91. The Kier molecular flexibility index (Phi) is 4.71. The Morgan fingerprint density at radius 1 is 1.44 bits per heavy atom. The van der Waals surface area contributed by atoms with Crippen LogP contribution in [0, 0.1) is 5.41 Å². The van der Waals surface area contributed by atoms with Crippen molar-refractivity contribution in [3.8, 4) is 0 Å². The van der Waals surface area contributed by atoms with E-state index in [2.05, 4.69) is 43.0 Å². The molecule has 100 valence electrons. The van der Waals surface area contributed by atoms with Gasteiger partial charge in [-0.3, -0.25) is 4.90 Å². The monoisotopic (exact) mass is 264 g/mol. The van der Waals surface area contributed by atoms with Crippen molar-refractivity contribution in [1.29, 1.82) is 0 Å². The van der Waals surface area contributed by atoms with Gasteiger partial charge in [0.15, 0.2) is 0 Å². The summed E-state index contributed by atoms with van der Waals surface area (Å²) in [5.74, 6) is 1.14. The van der Waals surface area contributed by atoms with Gasteiger partial charge >= 0.3 is 0 Å². The minimum absolute atomic E-state index is 0.329. The average molecular weight is 264 g/mol. The normalized spacial score (nSPS) is 24.6. The number of hydrogen-bond acceptors (Lipinski definition) is 3. The maximum Gasteiger partial charge on any atom is 0.0234 e. The van der Waals surface area contributed by atoms with Crippen LogP contribution in [0.25, 0.3) is 0 Å². The van der Waals surface area contributed by atoms with Gasteiger partial charge in [0, 0.05) is 18.0 Å². The van der Waals surface area contributed by atoms with Crippen LogP contribution < -0.4 is 5.73 Å². The van der Waals surface area contributed by atoms with Gasteiger partial charge in [-0.1, -0.05) is 26.0 Å². The van der Waals surface area contributed by atoms with Crippen molar-refractivity contribution in [2.24, 2.45) is 11.1 Å². The Balaban J connectivity index is 1.96. The van der Waals surface area contributed by atoms with Gasteiger partial charge in [0.1, 0.15) is 0 Å². The highest BCUT2D eigenvalue weighted by atomic mass is 32.2. The van der Waals surface area contributed by atoms with Gasteiger partial charge in [-0.2, -0.15) is 0 Å². The van der Waals surface area contributed by atoms with Crippen molar-refractivity contribution in [3.05, 3.63) is 29.8 Å². The average Bonchev–Trinajstić information content (AvgIpc) is 2.73. The summed E-state index contributed by atoms with van der Waals surface area (Å²) in [7, 11) is 0. The molecule has 1 unspecified atom stereocenters. The van der Waals surface area contributed by atoms with E-state index in [1.165, 1.54) is 23.4 Å². The van der Waals surface area contributed by atoms with Crippen molar-refractivity contribution < 1.29 is 0 Å². The standard InChI is InChI=1S/C15H24N2S/c1-3-18-14-6-4-5-13(9-14)10-17-8-7-15(2,11-16)12-17/h4-6,9H,3,7-8,10-12,16H2,1-2H3. The fourth-order valence-electron chi connectivity index (χ4n) is 2.59. The lowest BCUT2D eigenvalue weighted by molar-refractivity contribution is 0.274. The van der Waals surface area contributed by atoms with Gasteiger partial charge in [0.25, 0.3) is 0 Å². The van der Waals surface area contributed by atoms with E-state index in [1.807, 2.05) is 11.8 Å². The third kappa shape index (κ3) is 3.50. The largest absolute Gasteiger partial charge is 0.330 e. The molecule has 2 nitrogen and oxygen atoms in total. The van der Waals surface area contributed by atoms with E-state index in [9.17, 15) is 0 Å². The highest BCUT2D eigenvalue weighted by Gasteiger charge is 2.32. The van der Waals surface area contributed by atoms with E-state index >= 15 is 0 Å². The van der Waals surface area contributed by atoms with Crippen LogP contribution in [0.15, 0.2) is 29.2 Å². The van der Waals surface area contributed by atoms with Gasteiger partial charge in [0.05, 0.1) is 0 Å². The molecule has 2 rings (SSSR count). The molecular formula is C15H24N2S. The number of thioether (sulfide) groups is 1. The molecule has 1 heterocycles. The fourth-order valence-corrected chi connectivity index (χ4v) is 3.33. The SMILES string of the molecule is CCSc1cccc(CN2CCC(C)(CN)C2)c1. The predicted molar refractivity (Wildman–Crippen MR) is 79.9 cm³/mol. The first-order valence-corrected chi connectivity index (χ1v) is 7.78. The summed E-state index contributed by atoms with van der Waals surface area (Å²) in [5, 5.41) is 0. The van der Waals surface area contributed by atoms with Crippen LogP contribution in [0.5, 0.6) is 0 Å². The lowest BCUT2D eigenvalue weighted by atomic mass is 9.90. The molecule has 1 fully saturated rings. The second kappa shape index (κ2) is 6.09. The number of benzene rings is 1. The van der Waals surface area contributed by atoms with Crippen LogP contribution in [-0.2, 0) is 6.54 Å². The lowest BCUT2D eigenvalue weighted by Crippen LogP contribution is -2.31. The number of hydrogen-bond donors (Lipinski definition) is 1.